The molecule has 0 spiro atoms. The molecule has 0 aromatic rings. The number of nitriles is 1. The highest BCUT2D eigenvalue weighted by Gasteiger charge is 2.08. The van der Waals surface area contributed by atoms with Gasteiger partial charge in [-0.05, 0) is 6.92 Å². The summed E-state index contributed by atoms with van der Waals surface area (Å²) in [6, 6.07) is -0.292. The highest BCUT2D eigenvalue weighted by atomic mass is 32.2. The maximum atomic E-state index is 10.6. The van der Waals surface area contributed by atoms with Crippen molar-refractivity contribution in [1.29, 1.82) is 5.26 Å². The molecule has 10 heavy (non-hydrogen) atoms. The fourth-order valence-electron chi connectivity index (χ4n) is 0.606. The van der Waals surface area contributed by atoms with Crippen LogP contribution in [0.25, 0.3) is 0 Å². The molecule has 0 amide bonds. The molecule has 5 heteroatoms. The number of sulfone groups is 1. The number of nitrogens with zero attached hydrogens (tertiary/aromatic N) is 1. The summed E-state index contributed by atoms with van der Waals surface area (Å²) in [4.78, 5) is 0. The average molecular weight is 162 g/mol. The van der Waals surface area contributed by atoms with Crippen LogP contribution >= 0.6 is 0 Å². The monoisotopic (exact) mass is 162 g/mol. The summed E-state index contributed by atoms with van der Waals surface area (Å²) in [6.45, 7) is 1.64. The molecule has 0 fully saturated rings. The van der Waals surface area contributed by atoms with E-state index < -0.39 is 9.84 Å². The summed E-state index contributed by atoms with van der Waals surface area (Å²) in [6.07, 6.45) is 2.82. The molecule has 0 aliphatic rings. The van der Waals surface area contributed by atoms with Gasteiger partial charge in [-0.1, -0.05) is 0 Å². The minimum absolute atomic E-state index is 0.000556. The van der Waals surface area contributed by atoms with Crippen LogP contribution in [0.15, 0.2) is 0 Å². The highest BCUT2D eigenvalue weighted by Crippen LogP contribution is 1.87. The quantitative estimate of drug-likeness (QED) is 0.448. The topological polar surface area (TPSA) is 70.0 Å². The van der Waals surface area contributed by atoms with Crippen molar-refractivity contribution in [3.63, 3.8) is 0 Å². The Labute approximate surface area is 60.8 Å². The molecule has 0 rings (SSSR count). The van der Waals surface area contributed by atoms with Gasteiger partial charge >= 0.3 is 0 Å². The van der Waals surface area contributed by atoms with Gasteiger partial charge in [-0.2, -0.15) is 5.26 Å². The van der Waals surface area contributed by atoms with Crippen molar-refractivity contribution in [2.24, 2.45) is 0 Å². The van der Waals surface area contributed by atoms with E-state index in [1.807, 2.05) is 0 Å². The zero-order chi connectivity index (χ0) is 8.20. The number of hydrogen-bond donors (Lipinski definition) is 1. The first kappa shape index (κ1) is 9.24. The molecular weight excluding hydrogens is 152 g/mol. The summed E-state index contributed by atoms with van der Waals surface area (Å²) in [5.74, 6) is 0.000556. The normalized spacial score (nSPS) is 13.7. The molecule has 0 radical (unpaired) electrons. The third-order valence-corrected chi connectivity index (χ3v) is 1.97. The third-order valence-electron chi connectivity index (χ3n) is 0.864. The molecule has 0 aromatic carbocycles. The number of rotatable bonds is 3. The molecule has 58 valence electrons. The molecule has 0 aromatic heterocycles. The average Bonchev–Trinajstić information content (AvgIpc) is 1.59. The maximum Gasteiger partial charge on any atom is 0.176 e. The van der Waals surface area contributed by atoms with E-state index in [9.17, 15) is 8.42 Å². The minimum atomic E-state index is -2.96. The van der Waals surface area contributed by atoms with Crippen molar-refractivity contribution in [1.82, 2.24) is 5.32 Å². The zero-order valence-electron chi connectivity index (χ0n) is 5.96. The van der Waals surface area contributed by atoms with Crippen LogP contribution < -0.4 is 5.32 Å². The molecule has 0 bridgehead atoms. The van der Waals surface area contributed by atoms with E-state index in [-0.39, 0.29) is 11.8 Å². The van der Waals surface area contributed by atoms with Crippen LogP contribution in [0.4, 0.5) is 0 Å². The molecule has 1 N–H and O–H groups in total. The lowest BCUT2D eigenvalue weighted by Crippen LogP contribution is -2.28. The van der Waals surface area contributed by atoms with Crippen LogP contribution in [0.2, 0.25) is 0 Å². The van der Waals surface area contributed by atoms with Crippen molar-refractivity contribution < 1.29 is 8.42 Å². The van der Waals surface area contributed by atoms with Crippen molar-refractivity contribution >= 4 is 9.84 Å². The van der Waals surface area contributed by atoms with Crippen molar-refractivity contribution in [3.8, 4) is 6.19 Å². The molecule has 0 saturated heterocycles. The standard InChI is InChI=1S/C5H10N2O2S/c1-5(7-4-6)3-10(2,8)9/h5,7H,3H2,1-2H3. The van der Waals surface area contributed by atoms with Gasteiger partial charge in [0, 0.05) is 12.3 Å². The summed E-state index contributed by atoms with van der Waals surface area (Å²) in [7, 11) is -2.96. The Morgan fingerprint density at radius 1 is 1.70 bits per heavy atom. The minimum Gasteiger partial charge on any atom is -0.320 e. The number of nitrogens with one attached hydrogen (secondary N) is 1. The van der Waals surface area contributed by atoms with E-state index in [0.29, 0.717) is 0 Å². The van der Waals surface area contributed by atoms with E-state index >= 15 is 0 Å². The van der Waals surface area contributed by atoms with Crippen LogP contribution in [0.1, 0.15) is 6.92 Å². The van der Waals surface area contributed by atoms with E-state index in [1.54, 1.807) is 13.1 Å². The third kappa shape index (κ3) is 5.38. The van der Waals surface area contributed by atoms with Crippen LogP contribution in [0.3, 0.4) is 0 Å². The molecule has 4 nitrogen and oxygen atoms in total. The fraction of sp³-hybridized carbons (Fsp3) is 0.800. The predicted octanol–water partition coefficient (Wildman–Crippen LogP) is -0.510. The molecule has 0 saturated carbocycles. The number of hydrogen-bond acceptors (Lipinski definition) is 4. The predicted molar refractivity (Wildman–Crippen MR) is 37.9 cm³/mol. The van der Waals surface area contributed by atoms with Gasteiger partial charge in [-0.25, -0.2) is 8.42 Å². The van der Waals surface area contributed by atoms with Gasteiger partial charge in [0.25, 0.3) is 0 Å². The van der Waals surface area contributed by atoms with Crippen molar-refractivity contribution in [2.45, 2.75) is 13.0 Å². The van der Waals surface area contributed by atoms with E-state index in [2.05, 4.69) is 5.32 Å². The Balaban J connectivity index is 3.83. The second-order valence-electron chi connectivity index (χ2n) is 2.25. The first-order chi connectivity index (χ1) is 4.45. The molecular formula is C5H10N2O2S. The highest BCUT2D eigenvalue weighted by molar-refractivity contribution is 7.90. The zero-order valence-corrected chi connectivity index (χ0v) is 6.77. The van der Waals surface area contributed by atoms with Gasteiger partial charge in [0.05, 0.1) is 5.75 Å². The maximum absolute atomic E-state index is 10.6. The second-order valence-corrected chi connectivity index (χ2v) is 4.43. The van der Waals surface area contributed by atoms with Crippen LogP contribution in [0.5, 0.6) is 0 Å². The lowest BCUT2D eigenvalue weighted by Gasteiger charge is -2.05. The van der Waals surface area contributed by atoms with Crippen LogP contribution in [-0.2, 0) is 9.84 Å². The van der Waals surface area contributed by atoms with E-state index in [0.717, 1.165) is 6.26 Å². The van der Waals surface area contributed by atoms with Crippen LogP contribution in [-0.4, -0.2) is 26.5 Å². The second kappa shape index (κ2) is 3.42. The smallest absolute Gasteiger partial charge is 0.176 e. The summed E-state index contributed by atoms with van der Waals surface area (Å²) < 4.78 is 21.1. The van der Waals surface area contributed by atoms with Gasteiger partial charge in [0.1, 0.15) is 9.84 Å². The van der Waals surface area contributed by atoms with Gasteiger partial charge in [-0.15, -0.1) is 0 Å². The lowest BCUT2D eigenvalue weighted by atomic mass is 10.4. The van der Waals surface area contributed by atoms with Crippen molar-refractivity contribution in [2.75, 3.05) is 12.0 Å². The van der Waals surface area contributed by atoms with Gasteiger partial charge in [-0.3, -0.25) is 0 Å². The Bertz CT molecular complexity index is 227. The Kier molecular flexibility index (Phi) is 3.16. The van der Waals surface area contributed by atoms with Gasteiger partial charge < -0.3 is 5.32 Å². The molecule has 0 heterocycles. The Morgan fingerprint density at radius 2 is 2.20 bits per heavy atom. The first-order valence-electron chi connectivity index (χ1n) is 2.78. The Hall–Kier alpha value is -0.760. The summed E-state index contributed by atoms with van der Waals surface area (Å²) in [5, 5.41) is 10.4. The Morgan fingerprint density at radius 3 is 2.50 bits per heavy atom. The van der Waals surface area contributed by atoms with Gasteiger partial charge in [0.2, 0.25) is 0 Å². The molecule has 1 atom stereocenters. The van der Waals surface area contributed by atoms with E-state index in [4.69, 9.17) is 5.26 Å². The lowest BCUT2D eigenvalue weighted by molar-refractivity contribution is 0.589. The fourth-order valence-corrected chi connectivity index (χ4v) is 1.60. The SMILES string of the molecule is CC(CS(C)(=O)=O)NC#N. The largest absolute Gasteiger partial charge is 0.320 e. The summed E-state index contributed by atoms with van der Waals surface area (Å²) in [5.41, 5.74) is 0. The van der Waals surface area contributed by atoms with E-state index in [1.165, 1.54) is 0 Å². The van der Waals surface area contributed by atoms with Gasteiger partial charge in [0.15, 0.2) is 6.19 Å². The van der Waals surface area contributed by atoms with Crippen LogP contribution in [0, 0.1) is 11.5 Å². The van der Waals surface area contributed by atoms with Crippen molar-refractivity contribution in [3.05, 3.63) is 0 Å². The first-order valence-corrected chi connectivity index (χ1v) is 4.84. The molecule has 0 aliphatic carbocycles. The summed E-state index contributed by atoms with van der Waals surface area (Å²) >= 11 is 0. The molecule has 1 unspecified atom stereocenters. The molecule has 0 aliphatic heterocycles.